The van der Waals surface area contributed by atoms with E-state index in [1.807, 2.05) is 54.6 Å². The van der Waals surface area contributed by atoms with Crippen LogP contribution in [0.4, 0.5) is 5.69 Å². The summed E-state index contributed by atoms with van der Waals surface area (Å²) in [6.07, 6.45) is 1.98. The zero-order chi connectivity index (χ0) is 18.3. The van der Waals surface area contributed by atoms with Gasteiger partial charge in [-0.15, -0.1) is 0 Å². The van der Waals surface area contributed by atoms with E-state index in [1.54, 1.807) is 7.11 Å². The van der Waals surface area contributed by atoms with Crippen LogP contribution < -0.4 is 10.1 Å². The number of carbonyl (C=O) groups is 1. The van der Waals surface area contributed by atoms with Crippen LogP contribution in [0.5, 0.6) is 5.75 Å². The summed E-state index contributed by atoms with van der Waals surface area (Å²) in [4.78, 5) is 12.4. The number of hydrogen-bond donors (Lipinski definition) is 1. The van der Waals surface area contributed by atoms with Crippen LogP contribution in [0.1, 0.15) is 22.5 Å². The van der Waals surface area contributed by atoms with E-state index in [1.165, 1.54) is 0 Å². The molecule has 0 fully saturated rings. The fourth-order valence-electron chi connectivity index (χ4n) is 3.50. The molecule has 1 aliphatic heterocycles. The van der Waals surface area contributed by atoms with Crippen molar-refractivity contribution in [1.82, 2.24) is 4.57 Å². The van der Waals surface area contributed by atoms with Gasteiger partial charge >= 0.3 is 0 Å². The molecule has 26 heavy (non-hydrogen) atoms. The molecule has 0 bridgehead atoms. The first-order valence-electron chi connectivity index (χ1n) is 8.54. The summed E-state index contributed by atoms with van der Waals surface area (Å²) < 4.78 is 7.43. The van der Waals surface area contributed by atoms with Gasteiger partial charge < -0.3 is 14.6 Å². The molecule has 3 aromatic rings. The molecule has 2 heterocycles. The van der Waals surface area contributed by atoms with Gasteiger partial charge in [0.2, 0.25) is 0 Å². The number of amides is 1. The molecule has 0 spiro atoms. The number of ether oxygens (including phenoxy) is 1. The highest BCUT2D eigenvalue weighted by Gasteiger charge is 2.24. The molecule has 1 aliphatic rings. The van der Waals surface area contributed by atoms with E-state index < -0.39 is 0 Å². The van der Waals surface area contributed by atoms with Crippen molar-refractivity contribution >= 4 is 23.2 Å². The molecule has 4 heteroatoms. The third-order valence-corrected chi connectivity index (χ3v) is 4.81. The van der Waals surface area contributed by atoms with Crippen LogP contribution in [0.25, 0.3) is 17.3 Å². The van der Waals surface area contributed by atoms with Gasteiger partial charge in [-0.3, -0.25) is 4.79 Å². The third-order valence-electron chi connectivity index (χ3n) is 4.81. The monoisotopic (exact) mass is 344 g/mol. The van der Waals surface area contributed by atoms with Crippen LogP contribution >= 0.6 is 0 Å². The molecule has 0 saturated heterocycles. The molecule has 0 atom stereocenters. The molecule has 0 saturated carbocycles. The highest BCUT2D eigenvalue weighted by Crippen LogP contribution is 2.34. The zero-order valence-electron chi connectivity index (χ0n) is 15.0. The van der Waals surface area contributed by atoms with Crippen molar-refractivity contribution in [3.63, 3.8) is 0 Å². The molecule has 4 nitrogen and oxygen atoms in total. The summed E-state index contributed by atoms with van der Waals surface area (Å²) >= 11 is 0. The number of fused-ring (bicyclic) bond motifs is 1. The van der Waals surface area contributed by atoms with E-state index >= 15 is 0 Å². The molecule has 0 aliphatic carbocycles. The summed E-state index contributed by atoms with van der Waals surface area (Å²) in [6.45, 7) is 4.14. The van der Waals surface area contributed by atoms with Crippen LogP contribution in [-0.4, -0.2) is 17.6 Å². The normalized spacial score (nSPS) is 14.4. The van der Waals surface area contributed by atoms with Gasteiger partial charge in [0.25, 0.3) is 5.91 Å². The molecular formula is C22H20N2O2. The number of methoxy groups -OCH3 is 1. The molecule has 4 rings (SSSR count). The summed E-state index contributed by atoms with van der Waals surface area (Å²) in [6, 6.07) is 17.9. The molecule has 1 N–H and O–H groups in total. The first kappa shape index (κ1) is 16.2. The molecular weight excluding hydrogens is 324 g/mol. The minimum Gasteiger partial charge on any atom is -0.497 e. The second-order valence-electron chi connectivity index (χ2n) is 6.42. The van der Waals surface area contributed by atoms with Crippen LogP contribution in [0.15, 0.2) is 54.6 Å². The van der Waals surface area contributed by atoms with Crippen molar-refractivity contribution < 1.29 is 9.53 Å². The first-order valence-corrected chi connectivity index (χ1v) is 8.54. The van der Waals surface area contributed by atoms with Gasteiger partial charge in [0, 0.05) is 33.9 Å². The SMILES string of the molecule is COc1ccc(-n2c(C)cc(/C=C3/C(=O)Nc4ccccc43)c2C)cc1. The standard InChI is InChI=1S/C22H20N2O2/c1-14-12-16(13-20-19-6-4-5-7-21(19)23-22(20)25)15(2)24(14)17-8-10-18(26-3)11-9-17/h4-13H,1-3H3,(H,23,25)/b20-13+. The molecule has 130 valence electrons. The van der Waals surface area contributed by atoms with Crippen molar-refractivity contribution in [2.45, 2.75) is 13.8 Å². The fraction of sp³-hybridized carbons (Fsp3) is 0.136. The predicted molar refractivity (Wildman–Crippen MR) is 105 cm³/mol. The highest BCUT2D eigenvalue weighted by molar-refractivity contribution is 6.34. The Morgan fingerprint density at radius 2 is 1.77 bits per heavy atom. The molecule has 1 aromatic heterocycles. The number of aromatic nitrogens is 1. The quantitative estimate of drug-likeness (QED) is 0.706. The second-order valence-corrected chi connectivity index (χ2v) is 6.42. The number of rotatable bonds is 3. The first-order chi connectivity index (χ1) is 12.6. The van der Waals surface area contributed by atoms with E-state index in [2.05, 4.69) is 29.8 Å². The van der Waals surface area contributed by atoms with Gasteiger partial charge in [-0.05, 0) is 61.9 Å². The van der Waals surface area contributed by atoms with Gasteiger partial charge in [-0.1, -0.05) is 18.2 Å². The molecule has 2 aromatic carbocycles. The number of hydrogen-bond acceptors (Lipinski definition) is 2. The van der Waals surface area contributed by atoms with Gasteiger partial charge in [0.15, 0.2) is 0 Å². The van der Waals surface area contributed by atoms with Crippen LogP contribution in [0.3, 0.4) is 0 Å². The lowest BCUT2D eigenvalue weighted by Gasteiger charge is -2.10. The number of para-hydroxylation sites is 1. The van der Waals surface area contributed by atoms with Crippen molar-refractivity contribution in [3.05, 3.63) is 77.1 Å². The Morgan fingerprint density at radius 3 is 2.50 bits per heavy atom. The Balaban J connectivity index is 1.79. The van der Waals surface area contributed by atoms with Crippen molar-refractivity contribution in [1.29, 1.82) is 0 Å². The number of nitrogens with zero attached hydrogens (tertiary/aromatic N) is 1. The lowest BCUT2D eigenvalue weighted by atomic mass is 10.0. The summed E-state index contributed by atoms with van der Waals surface area (Å²) in [7, 11) is 1.66. The van der Waals surface area contributed by atoms with Gasteiger partial charge in [-0.25, -0.2) is 0 Å². The Bertz CT molecular complexity index is 1030. The van der Waals surface area contributed by atoms with E-state index in [9.17, 15) is 4.79 Å². The van der Waals surface area contributed by atoms with Crippen LogP contribution in [-0.2, 0) is 4.79 Å². The Kier molecular flexibility index (Phi) is 3.88. The minimum atomic E-state index is -0.0551. The summed E-state index contributed by atoms with van der Waals surface area (Å²) in [5.74, 6) is 0.776. The topological polar surface area (TPSA) is 43.3 Å². The molecule has 1 amide bonds. The van der Waals surface area contributed by atoms with Crippen molar-refractivity contribution in [2.24, 2.45) is 0 Å². The lowest BCUT2D eigenvalue weighted by molar-refractivity contribution is -0.110. The van der Waals surface area contributed by atoms with E-state index in [0.29, 0.717) is 5.57 Å². The third kappa shape index (κ3) is 2.60. The maximum absolute atomic E-state index is 12.4. The van der Waals surface area contributed by atoms with E-state index in [4.69, 9.17) is 4.74 Å². The summed E-state index contributed by atoms with van der Waals surface area (Å²) in [5.41, 5.74) is 6.85. The average Bonchev–Trinajstić information content (AvgIpc) is 3.11. The lowest BCUT2D eigenvalue weighted by Crippen LogP contribution is -2.03. The van der Waals surface area contributed by atoms with E-state index in [-0.39, 0.29) is 5.91 Å². The Labute approximate surface area is 152 Å². The van der Waals surface area contributed by atoms with Gasteiger partial charge in [-0.2, -0.15) is 0 Å². The number of carbonyl (C=O) groups excluding carboxylic acids is 1. The highest BCUT2D eigenvalue weighted by atomic mass is 16.5. The average molecular weight is 344 g/mol. The second kappa shape index (κ2) is 6.23. The minimum absolute atomic E-state index is 0.0551. The van der Waals surface area contributed by atoms with Crippen LogP contribution in [0.2, 0.25) is 0 Å². The van der Waals surface area contributed by atoms with Crippen LogP contribution in [0, 0.1) is 13.8 Å². The largest absolute Gasteiger partial charge is 0.497 e. The Hall–Kier alpha value is -3.27. The van der Waals surface area contributed by atoms with Crippen molar-refractivity contribution in [2.75, 3.05) is 12.4 Å². The van der Waals surface area contributed by atoms with Gasteiger partial charge in [0.05, 0.1) is 7.11 Å². The number of benzene rings is 2. The van der Waals surface area contributed by atoms with Gasteiger partial charge in [0.1, 0.15) is 5.75 Å². The summed E-state index contributed by atoms with van der Waals surface area (Å²) in [5, 5.41) is 2.93. The van der Waals surface area contributed by atoms with Crippen molar-refractivity contribution in [3.8, 4) is 11.4 Å². The fourth-order valence-corrected chi connectivity index (χ4v) is 3.50. The van der Waals surface area contributed by atoms with E-state index in [0.717, 1.165) is 39.6 Å². The maximum Gasteiger partial charge on any atom is 0.256 e. The smallest absolute Gasteiger partial charge is 0.256 e. The molecule has 0 unspecified atom stereocenters. The number of anilines is 1. The number of nitrogens with one attached hydrogen (secondary N) is 1. The predicted octanol–water partition coefficient (Wildman–Crippen LogP) is 4.60. The molecule has 0 radical (unpaired) electrons. The zero-order valence-corrected chi connectivity index (χ0v) is 15.0. The Morgan fingerprint density at radius 1 is 1.04 bits per heavy atom. The number of aryl methyl sites for hydroxylation is 1. The maximum atomic E-state index is 12.4.